The van der Waals surface area contributed by atoms with Gasteiger partial charge in [0.1, 0.15) is 5.75 Å². The summed E-state index contributed by atoms with van der Waals surface area (Å²) in [6.45, 7) is 5.71. The number of ether oxygens (including phenoxy) is 2. The van der Waals surface area contributed by atoms with Crippen LogP contribution in [0.15, 0.2) is 67.0 Å². The second-order valence-corrected chi connectivity index (χ2v) is 12.5. The van der Waals surface area contributed by atoms with Crippen molar-refractivity contribution in [1.29, 1.82) is 5.26 Å². The molecule has 0 unspecified atom stereocenters. The number of carbonyl (C=O) groups is 1. The summed E-state index contributed by atoms with van der Waals surface area (Å²) in [5.41, 5.74) is -1.78. The van der Waals surface area contributed by atoms with Gasteiger partial charge in [-0.2, -0.15) is 31.6 Å². The van der Waals surface area contributed by atoms with Gasteiger partial charge in [-0.25, -0.2) is 9.97 Å². The van der Waals surface area contributed by atoms with Crippen LogP contribution in [-0.4, -0.2) is 29.7 Å². The number of hydrogen-bond donors (Lipinski definition) is 0. The molecule has 4 aromatic rings. The maximum Gasteiger partial charge on any atom is 1.00 e. The third kappa shape index (κ3) is 10.4. The molecule has 15 heteroatoms. The number of benzene rings is 3. The van der Waals surface area contributed by atoms with E-state index in [2.05, 4.69) is 9.97 Å². The van der Waals surface area contributed by atoms with Gasteiger partial charge in [-0.15, -0.1) is 0 Å². The van der Waals surface area contributed by atoms with Gasteiger partial charge < -0.3 is 24.3 Å². The van der Waals surface area contributed by atoms with Crippen molar-refractivity contribution in [2.75, 3.05) is 18.6 Å². The van der Waals surface area contributed by atoms with E-state index in [0.717, 1.165) is 23.8 Å². The Labute approximate surface area is 313 Å². The van der Waals surface area contributed by atoms with E-state index in [4.69, 9.17) is 9.47 Å². The summed E-state index contributed by atoms with van der Waals surface area (Å²) in [6, 6.07) is 13.1. The third-order valence-electron chi connectivity index (χ3n) is 7.85. The molecule has 0 aliphatic heterocycles. The van der Waals surface area contributed by atoms with Gasteiger partial charge in [-0.1, -0.05) is 39.8 Å². The summed E-state index contributed by atoms with van der Waals surface area (Å²) in [5, 5.41) is 20.8. The van der Waals surface area contributed by atoms with E-state index < -0.39 is 34.9 Å². The van der Waals surface area contributed by atoms with Gasteiger partial charge in [0, 0.05) is 24.1 Å². The van der Waals surface area contributed by atoms with Gasteiger partial charge in [0.25, 0.3) is 0 Å². The van der Waals surface area contributed by atoms with Gasteiger partial charge in [0.2, 0.25) is 5.95 Å². The summed E-state index contributed by atoms with van der Waals surface area (Å²) in [6.07, 6.45) is -7.10. The summed E-state index contributed by atoms with van der Waals surface area (Å²) in [7, 11) is 1.43. The van der Waals surface area contributed by atoms with Crippen molar-refractivity contribution in [3.8, 4) is 28.7 Å². The Morgan fingerprint density at radius 2 is 1.55 bits per heavy atom. The predicted molar refractivity (Wildman–Crippen MR) is 170 cm³/mol. The summed E-state index contributed by atoms with van der Waals surface area (Å²) in [4.78, 5) is 21.3. The first kappa shape index (κ1) is 41.1. The Hall–Kier alpha value is -4.32. The molecule has 0 atom stereocenters. The molecule has 51 heavy (non-hydrogen) atoms. The minimum Gasteiger partial charge on any atom is -0.549 e. The van der Waals surface area contributed by atoms with Crippen LogP contribution in [0.2, 0.25) is 0 Å². The van der Waals surface area contributed by atoms with Gasteiger partial charge >= 0.3 is 41.9 Å². The fraction of sp³-hybridized carbons (Fsp3) is 0.333. The molecule has 0 bridgehead atoms. The van der Waals surface area contributed by atoms with Crippen LogP contribution in [0.1, 0.15) is 67.0 Å². The number of carboxylic acid groups (broad SMARTS) is 1. The molecule has 1 aromatic heterocycles. The number of carbonyl (C=O) groups excluding carboxylic acids is 1. The first-order valence-corrected chi connectivity index (χ1v) is 15.2. The van der Waals surface area contributed by atoms with E-state index in [1.165, 1.54) is 50.4 Å². The fourth-order valence-corrected chi connectivity index (χ4v) is 4.96. The number of rotatable bonds is 12. The first-order chi connectivity index (χ1) is 23.3. The monoisotopic (exact) mass is 722 g/mol. The Morgan fingerprint density at radius 3 is 2.10 bits per heavy atom. The normalized spacial score (nSPS) is 11.8. The molecule has 8 nitrogen and oxygen atoms in total. The van der Waals surface area contributed by atoms with Crippen LogP contribution < -0.4 is 49.0 Å². The van der Waals surface area contributed by atoms with E-state index in [1.54, 1.807) is 12.1 Å². The number of nitriles is 1. The number of alkyl halides is 6. The van der Waals surface area contributed by atoms with Crippen LogP contribution in [0.5, 0.6) is 11.5 Å². The second-order valence-electron chi connectivity index (χ2n) is 12.5. The van der Waals surface area contributed by atoms with E-state index in [9.17, 15) is 41.5 Å². The number of methoxy groups -OCH3 is 1. The molecule has 0 fully saturated rings. The van der Waals surface area contributed by atoms with Crippen molar-refractivity contribution in [2.45, 2.75) is 59.1 Å². The quantitative estimate of drug-likeness (QED) is 0.155. The SMILES string of the molecule is COc1ccc(C(C)C)cc1-c1ccc(C(F)(F)F)cc1CN(Cc1cc(C#N)cc(C(F)(F)F)c1)c1ncc(OCC(C)(C)C(=O)[O-])cn1.[Na+]. The number of carboxylic acids is 1. The van der Waals surface area contributed by atoms with E-state index in [0.29, 0.717) is 22.9 Å². The molecular formula is C36H33F6N4NaO4. The minimum atomic E-state index is -4.78. The number of nitrogens with zero attached hydrogens (tertiary/aromatic N) is 4. The topological polar surface area (TPSA) is 111 Å². The van der Waals surface area contributed by atoms with E-state index in [1.807, 2.05) is 26.0 Å². The molecule has 0 radical (unpaired) electrons. The van der Waals surface area contributed by atoms with Crippen LogP contribution in [0.3, 0.4) is 0 Å². The molecule has 4 rings (SSSR count). The predicted octanol–water partition coefficient (Wildman–Crippen LogP) is 4.55. The Balaban J connectivity index is 0.00000702. The van der Waals surface area contributed by atoms with Crippen LogP contribution in [-0.2, 0) is 30.2 Å². The molecule has 264 valence electrons. The maximum atomic E-state index is 14.1. The minimum absolute atomic E-state index is 0. The van der Waals surface area contributed by atoms with Gasteiger partial charge in [-0.3, -0.25) is 0 Å². The fourth-order valence-electron chi connectivity index (χ4n) is 4.96. The molecular weight excluding hydrogens is 689 g/mol. The number of hydrogen-bond acceptors (Lipinski definition) is 8. The molecule has 0 aliphatic rings. The summed E-state index contributed by atoms with van der Waals surface area (Å²) >= 11 is 0. The van der Waals surface area contributed by atoms with Crippen molar-refractivity contribution >= 4 is 11.9 Å². The first-order valence-electron chi connectivity index (χ1n) is 15.2. The van der Waals surface area contributed by atoms with E-state index >= 15 is 0 Å². The molecule has 1 heterocycles. The molecule has 0 spiro atoms. The zero-order valence-electron chi connectivity index (χ0n) is 28.7. The zero-order chi connectivity index (χ0) is 37.0. The maximum absolute atomic E-state index is 14.1. The molecule has 0 N–H and O–H groups in total. The number of halogens is 6. The molecule has 3 aromatic carbocycles. The van der Waals surface area contributed by atoms with Crippen molar-refractivity contribution in [2.24, 2.45) is 5.41 Å². The standard InChI is InChI=1S/C36H34F6N4O4.Na/c1-21(2)24-6-9-31(49-5)30(14-24)29-8-7-26(35(37,38)39)13-25(29)19-46(18-23-10-22(15-43)11-27(12-23)36(40,41)42)33-44-16-28(17-45-33)50-20-34(3,4)32(47)48;/h6-14,16-17,21H,18-20H2,1-5H3,(H,47,48);/q;+1/p-1. The van der Waals surface area contributed by atoms with Gasteiger partial charge in [-0.05, 0) is 70.6 Å². The zero-order valence-corrected chi connectivity index (χ0v) is 30.7. The largest absolute Gasteiger partial charge is 1.00 e. The van der Waals surface area contributed by atoms with Crippen LogP contribution >= 0.6 is 0 Å². The van der Waals surface area contributed by atoms with Gasteiger partial charge in [0.05, 0.1) is 54.8 Å². The third-order valence-corrected chi connectivity index (χ3v) is 7.85. The molecule has 0 saturated carbocycles. The Kier molecular flexibility index (Phi) is 13.2. The van der Waals surface area contributed by atoms with Crippen molar-refractivity contribution in [1.82, 2.24) is 9.97 Å². The van der Waals surface area contributed by atoms with Crippen molar-refractivity contribution < 1.29 is 75.3 Å². The van der Waals surface area contributed by atoms with Crippen molar-refractivity contribution in [3.63, 3.8) is 0 Å². The van der Waals surface area contributed by atoms with Crippen molar-refractivity contribution in [3.05, 3.63) is 100 Å². The molecule has 0 amide bonds. The average molecular weight is 723 g/mol. The number of anilines is 1. The van der Waals surface area contributed by atoms with Gasteiger partial charge in [0.15, 0.2) is 5.75 Å². The average Bonchev–Trinajstić information content (AvgIpc) is 3.06. The Bertz CT molecular complexity index is 1890. The van der Waals surface area contributed by atoms with Crippen LogP contribution in [0, 0.1) is 16.7 Å². The van der Waals surface area contributed by atoms with Crippen LogP contribution in [0.4, 0.5) is 32.3 Å². The summed E-state index contributed by atoms with van der Waals surface area (Å²) < 4.78 is 94.6. The summed E-state index contributed by atoms with van der Waals surface area (Å²) in [5.74, 6) is -0.944. The number of aromatic nitrogens is 2. The second kappa shape index (κ2) is 16.4. The number of aliphatic carboxylic acids is 1. The van der Waals surface area contributed by atoms with Crippen LogP contribution in [0.25, 0.3) is 11.1 Å². The molecule has 0 saturated heterocycles. The van der Waals surface area contributed by atoms with E-state index in [-0.39, 0.29) is 83.6 Å². The molecule has 0 aliphatic carbocycles. The smallest absolute Gasteiger partial charge is 0.549 e. The Morgan fingerprint density at radius 1 is 0.902 bits per heavy atom.